The van der Waals surface area contributed by atoms with Gasteiger partial charge < -0.3 is 0 Å². The van der Waals surface area contributed by atoms with E-state index in [1.807, 2.05) is 6.92 Å². The summed E-state index contributed by atoms with van der Waals surface area (Å²) in [6.45, 7) is 2.73. The van der Waals surface area contributed by atoms with Gasteiger partial charge in [-0.2, -0.15) is 0 Å². The zero-order valence-corrected chi connectivity index (χ0v) is 7.97. The fraction of sp³-hybridized carbons (Fsp3) is 0.300. The van der Waals surface area contributed by atoms with Gasteiger partial charge in [0.15, 0.2) is 5.65 Å². The first kappa shape index (κ1) is 8.87. The van der Waals surface area contributed by atoms with Gasteiger partial charge in [-0.25, -0.2) is 9.97 Å². The van der Waals surface area contributed by atoms with Crippen LogP contribution in [0.1, 0.15) is 13.3 Å². The van der Waals surface area contributed by atoms with E-state index in [0.29, 0.717) is 17.6 Å². The van der Waals surface area contributed by atoms with Crippen molar-refractivity contribution in [2.75, 3.05) is 0 Å². The first-order chi connectivity index (χ1) is 6.83. The third-order valence-corrected chi connectivity index (χ3v) is 2.06. The maximum Gasteiger partial charge on any atom is 0.262 e. The van der Waals surface area contributed by atoms with Crippen LogP contribution in [0.3, 0.4) is 0 Å². The molecule has 0 aliphatic rings. The Balaban J connectivity index is 2.69. The van der Waals surface area contributed by atoms with Crippen LogP contribution in [0.15, 0.2) is 29.5 Å². The molecule has 0 spiro atoms. The van der Waals surface area contributed by atoms with Crippen LogP contribution >= 0.6 is 0 Å². The summed E-state index contributed by atoms with van der Waals surface area (Å²) in [5, 5.41) is 0.587. The van der Waals surface area contributed by atoms with Crippen LogP contribution in [-0.2, 0) is 6.54 Å². The van der Waals surface area contributed by atoms with Gasteiger partial charge >= 0.3 is 0 Å². The lowest BCUT2D eigenvalue weighted by Gasteiger charge is -2.02. The van der Waals surface area contributed by atoms with E-state index >= 15 is 0 Å². The van der Waals surface area contributed by atoms with Crippen molar-refractivity contribution in [2.45, 2.75) is 19.9 Å². The Hall–Kier alpha value is -1.71. The zero-order valence-electron chi connectivity index (χ0n) is 7.97. The van der Waals surface area contributed by atoms with Gasteiger partial charge in [0.05, 0.1) is 11.7 Å². The number of rotatable bonds is 2. The minimum atomic E-state index is -0.00931. The second-order valence-corrected chi connectivity index (χ2v) is 3.12. The number of nitrogens with zero attached hydrogens (tertiary/aromatic N) is 3. The maximum absolute atomic E-state index is 11.8. The van der Waals surface area contributed by atoms with Crippen molar-refractivity contribution in [3.8, 4) is 0 Å². The molecule has 0 aromatic carbocycles. The molecule has 0 atom stereocenters. The number of aromatic nitrogens is 3. The third kappa shape index (κ3) is 1.39. The molecule has 0 saturated carbocycles. The first-order valence-corrected chi connectivity index (χ1v) is 4.63. The lowest BCUT2D eigenvalue weighted by atomic mass is 10.3. The summed E-state index contributed by atoms with van der Waals surface area (Å²) in [6.07, 6.45) is 4.12. The number of hydrogen-bond acceptors (Lipinski definition) is 3. The SMILES string of the molecule is CCCn1cnc2ncccc2c1=O. The zero-order chi connectivity index (χ0) is 9.97. The molecule has 0 unspecified atom stereocenters. The molecule has 2 aromatic rings. The molecule has 2 rings (SSSR count). The molecule has 14 heavy (non-hydrogen) atoms. The molecular weight excluding hydrogens is 178 g/mol. The highest BCUT2D eigenvalue weighted by molar-refractivity contribution is 5.72. The van der Waals surface area contributed by atoms with E-state index in [1.165, 1.54) is 0 Å². The van der Waals surface area contributed by atoms with E-state index in [4.69, 9.17) is 0 Å². The number of hydrogen-bond donors (Lipinski definition) is 0. The van der Waals surface area contributed by atoms with Crippen molar-refractivity contribution in [1.82, 2.24) is 14.5 Å². The van der Waals surface area contributed by atoms with Gasteiger partial charge in [0.25, 0.3) is 5.56 Å². The summed E-state index contributed by atoms with van der Waals surface area (Å²) in [6, 6.07) is 3.51. The molecule has 0 amide bonds. The van der Waals surface area contributed by atoms with E-state index in [2.05, 4.69) is 9.97 Å². The molecule has 4 nitrogen and oxygen atoms in total. The van der Waals surface area contributed by atoms with Gasteiger partial charge in [0.1, 0.15) is 0 Å². The monoisotopic (exact) mass is 189 g/mol. The highest BCUT2D eigenvalue weighted by atomic mass is 16.1. The Kier molecular flexibility index (Phi) is 2.26. The number of fused-ring (bicyclic) bond motifs is 1. The van der Waals surface area contributed by atoms with E-state index in [1.54, 1.807) is 29.2 Å². The standard InChI is InChI=1S/C10H11N3O/c1-2-6-13-7-12-9-8(10(13)14)4-3-5-11-9/h3-5,7H,2,6H2,1H3. The summed E-state index contributed by atoms with van der Waals surface area (Å²) in [4.78, 5) is 19.9. The van der Waals surface area contributed by atoms with Gasteiger partial charge in [-0.1, -0.05) is 6.92 Å². The summed E-state index contributed by atoms with van der Waals surface area (Å²) >= 11 is 0. The average molecular weight is 189 g/mol. The van der Waals surface area contributed by atoms with E-state index in [9.17, 15) is 4.79 Å². The van der Waals surface area contributed by atoms with Gasteiger partial charge in [0, 0.05) is 12.7 Å². The third-order valence-electron chi connectivity index (χ3n) is 2.06. The molecule has 0 saturated heterocycles. The largest absolute Gasteiger partial charge is 0.299 e. The molecule has 0 bridgehead atoms. The first-order valence-electron chi connectivity index (χ1n) is 4.63. The topological polar surface area (TPSA) is 47.8 Å². The van der Waals surface area contributed by atoms with Crippen LogP contribution in [0, 0.1) is 0 Å². The van der Waals surface area contributed by atoms with Crippen molar-refractivity contribution in [3.63, 3.8) is 0 Å². The molecule has 0 radical (unpaired) electrons. The van der Waals surface area contributed by atoms with E-state index in [0.717, 1.165) is 6.42 Å². The number of pyridine rings is 1. The van der Waals surface area contributed by atoms with Crippen LogP contribution in [0.5, 0.6) is 0 Å². The normalized spacial score (nSPS) is 10.6. The van der Waals surface area contributed by atoms with Gasteiger partial charge in [-0.3, -0.25) is 9.36 Å². The summed E-state index contributed by atoms with van der Waals surface area (Å²) < 4.78 is 1.62. The van der Waals surface area contributed by atoms with Crippen molar-refractivity contribution in [1.29, 1.82) is 0 Å². The fourth-order valence-electron chi connectivity index (χ4n) is 1.40. The molecule has 4 heteroatoms. The lowest BCUT2D eigenvalue weighted by molar-refractivity contribution is 0.647. The van der Waals surface area contributed by atoms with Crippen LogP contribution in [0.2, 0.25) is 0 Å². The Bertz CT molecular complexity index is 504. The Morgan fingerprint density at radius 1 is 1.43 bits per heavy atom. The second kappa shape index (κ2) is 3.57. The Morgan fingerprint density at radius 3 is 3.07 bits per heavy atom. The molecule has 0 aliphatic heterocycles. The smallest absolute Gasteiger partial charge is 0.262 e. The second-order valence-electron chi connectivity index (χ2n) is 3.12. The summed E-state index contributed by atoms with van der Waals surface area (Å²) in [5.41, 5.74) is 0.509. The van der Waals surface area contributed by atoms with Crippen LogP contribution in [0.25, 0.3) is 11.0 Å². The predicted molar refractivity (Wildman–Crippen MR) is 54.1 cm³/mol. The minimum absolute atomic E-state index is 0.00931. The molecule has 0 fully saturated rings. The molecule has 2 aromatic heterocycles. The highest BCUT2D eigenvalue weighted by Crippen LogP contribution is 2.00. The predicted octanol–water partition coefficient (Wildman–Crippen LogP) is 1.20. The summed E-state index contributed by atoms with van der Waals surface area (Å²) in [5.74, 6) is 0. The Morgan fingerprint density at radius 2 is 2.29 bits per heavy atom. The van der Waals surface area contributed by atoms with Gasteiger partial charge in [-0.05, 0) is 18.6 Å². The average Bonchev–Trinajstić information content (AvgIpc) is 2.23. The quantitative estimate of drug-likeness (QED) is 0.713. The van der Waals surface area contributed by atoms with Crippen LogP contribution in [-0.4, -0.2) is 14.5 Å². The van der Waals surface area contributed by atoms with Crippen molar-refractivity contribution in [3.05, 3.63) is 35.0 Å². The molecule has 0 aliphatic carbocycles. The van der Waals surface area contributed by atoms with Crippen LogP contribution < -0.4 is 5.56 Å². The molecule has 0 N–H and O–H groups in total. The van der Waals surface area contributed by atoms with Crippen molar-refractivity contribution in [2.24, 2.45) is 0 Å². The lowest BCUT2D eigenvalue weighted by Crippen LogP contribution is -2.20. The maximum atomic E-state index is 11.8. The molecule has 72 valence electrons. The molecule has 2 heterocycles. The fourth-order valence-corrected chi connectivity index (χ4v) is 1.40. The van der Waals surface area contributed by atoms with Gasteiger partial charge in [-0.15, -0.1) is 0 Å². The Labute approximate surface area is 81.2 Å². The highest BCUT2D eigenvalue weighted by Gasteiger charge is 2.02. The van der Waals surface area contributed by atoms with Crippen LogP contribution in [0.4, 0.5) is 0 Å². The minimum Gasteiger partial charge on any atom is -0.299 e. The molecular formula is C10H11N3O. The number of aryl methyl sites for hydroxylation is 1. The summed E-state index contributed by atoms with van der Waals surface area (Å²) in [7, 11) is 0. The van der Waals surface area contributed by atoms with Gasteiger partial charge in [0.2, 0.25) is 0 Å². The van der Waals surface area contributed by atoms with E-state index in [-0.39, 0.29) is 5.56 Å². The van der Waals surface area contributed by atoms with E-state index < -0.39 is 0 Å². The van der Waals surface area contributed by atoms with Crippen molar-refractivity contribution >= 4 is 11.0 Å². The van der Waals surface area contributed by atoms with Crippen molar-refractivity contribution < 1.29 is 0 Å².